The standard InChI is InChI=1S/C19H22N2O5S/c1-24-17-5-3-2-4-15(17)20-19(23)13-26-18-12-25-14(10-16(18)22)11-21-6-8-27-9-7-21/h2-5,10,12H,6-9,11,13H2,1H3,(H,20,23). The molecule has 0 spiro atoms. The first-order chi connectivity index (χ1) is 13.2. The van der Waals surface area contributed by atoms with E-state index < -0.39 is 5.91 Å². The van der Waals surface area contributed by atoms with Gasteiger partial charge in [-0.1, -0.05) is 12.1 Å². The largest absolute Gasteiger partial charge is 0.495 e. The molecular formula is C19H22N2O5S. The van der Waals surface area contributed by atoms with Gasteiger partial charge in [0.2, 0.25) is 11.2 Å². The van der Waals surface area contributed by atoms with Crippen LogP contribution in [0.2, 0.25) is 0 Å². The maximum Gasteiger partial charge on any atom is 0.262 e. The van der Waals surface area contributed by atoms with E-state index in [1.165, 1.54) is 19.4 Å². The van der Waals surface area contributed by atoms with Gasteiger partial charge in [-0.05, 0) is 12.1 Å². The minimum absolute atomic E-state index is 0.0168. The van der Waals surface area contributed by atoms with E-state index in [0.717, 1.165) is 24.6 Å². The second-order valence-corrected chi connectivity index (χ2v) is 7.23. The van der Waals surface area contributed by atoms with E-state index in [-0.39, 0.29) is 17.8 Å². The van der Waals surface area contributed by atoms with Crippen molar-refractivity contribution in [1.29, 1.82) is 0 Å². The van der Waals surface area contributed by atoms with Gasteiger partial charge in [-0.15, -0.1) is 0 Å². The third-order valence-corrected chi connectivity index (χ3v) is 5.02. The summed E-state index contributed by atoms with van der Waals surface area (Å²) in [5.41, 5.74) is 0.239. The van der Waals surface area contributed by atoms with Crippen LogP contribution in [0.5, 0.6) is 11.5 Å². The highest BCUT2D eigenvalue weighted by Gasteiger charge is 2.14. The number of nitrogens with one attached hydrogen (secondary N) is 1. The van der Waals surface area contributed by atoms with Crippen molar-refractivity contribution in [2.45, 2.75) is 6.54 Å². The summed E-state index contributed by atoms with van der Waals surface area (Å²) in [5.74, 6) is 2.94. The maximum atomic E-state index is 12.2. The zero-order valence-corrected chi connectivity index (χ0v) is 15.9. The molecule has 27 heavy (non-hydrogen) atoms. The van der Waals surface area contributed by atoms with Crippen LogP contribution in [0.3, 0.4) is 0 Å². The number of carbonyl (C=O) groups excluding carboxylic acids is 1. The van der Waals surface area contributed by atoms with Gasteiger partial charge < -0.3 is 19.2 Å². The van der Waals surface area contributed by atoms with E-state index in [4.69, 9.17) is 13.9 Å². The number of anilines is 1. The molecule has 1 fully saturated rings. The van der Waals surface area contributed by atoms with Crippen LogP contribution < -0.4 is 20.2 Å². The van der Waals surface area contributed by atoms with Crippen LogP contribution in [0.15, 0.2) is 45.8 Å². The quantitative estimate of drug-likeness (QED) is 0.776. The summed E-state index contributed by atoms with van der Waals surface area (Å²) < 4.78 is 16.0. The number of rotatable bonds is 7. The molecule has 8 heteroatoms. The Bertz CT molecular complexity index is 833. The van der Waals surface area contributed by atoms with Crippen LogP contribution in [0, 0.1) is 0 Å². The van der Waals surface area contributed by atoms with Crippen molar-refractivity contribution in [2.24, 2.45) is 0 Å². The summed E-state index contributed by atoms with van der Waals surface area (Å²) in [7, 11) is 1.52. The fraction of sp³-hybridized carbons (Fsp3) is 0.368. The number of hydrogen-bond acceptors (Lipinski definition) is 7. The molecule has 0 unspecified atom stereocenters. The topological polar surface area (TPSA) is 81.0 Å². The number of para-hydroxylation sites is 2. The van der Waals surface area contributed by atoms with Crippen molar-refractivity contribution in [3.05, 3.63) is 52.6 Å². The lowest BCUT2D eigenvalue weighted by atomic mass is 10.3. The second-order valence-electron chi connectivity index (χ2n) is 6.00. The van der Waals surface area contributed by atoms with Crippen molar-refractivity contribution in [3.8, 4) is 11.5 Å². The van der Waals surface area contributed by atoms with Crippen molar-refractivity contribution in [2.75, 3.05) is 43.6 Å². The number of carbonyl (C=O) groups is 1. The molecule has 2 heterocycles. The normalized spacial score (nSPS) is 14.6. The SMILES string of the molecule is COc1ccccc1NC(=O)COc1coc(CN2CCSCC2)cc1=O. The molecule has 1 N–H and O–H groups in total. The van der Waals surface area contributed by atoms with E-state index in [1.54, 1.807) is 24.3 Å². The summed E-state index contributed by atoms with van der Waals surface area (Å²) in [6, 6.07) is 8.48. The molecule has 0 radical (unpaired) electrons. The van der Waals surface area contributed by atoms with Gasteiger partial charge in [0, 0.05) is 30.7 Å². The third kappa shape index (κ3) is 5.51. The fourth-order valence-corrected chi connectivity index (χ4v) is 3.66. The first-order valence-electron chi connectivity index (χ1n) is 8.63. The highest BCUT2D eigenvalue weighted by Crippen LogP contribution is 2.22. The molecule has 0 bridgehead atoms. The molecule has 1 aliphatic rings. The average molecular weight is 390 g/mol. The Kier molecular flexibility index (Phi) is 6.78. The van der Waals surface area contributed by atoms with Gasteiger partial charge in [0.15, 0.2) is 6.61 Å². The fourth-order valence-electron chi connectivity index (χ4n) is 2.68. The van der Waals surface area contributed by atoms with Crippen molar-refractivity contribution >= 4 is 23.4 Å². The van der Waals surface area contributed by atoms with Crippen LogP contribution in [0.25, 0.3) is 0 Å². The van der Waals surface area contributed by atoms with Gasteiger partial charge in [0.1, 0.15) is 17.8 Å². The van der Waals surface area contributed by atoms with Gasteiger partial charge in [0.25, 0.3) is 5.91 Å². The number of benzene rings is 1. The first kappa shape index (κ1) is 19.3. The first-order valence-corrected chi connectivity index (χ1v) is 9.78. The smallest absolute Gasteiger partial charge is 0.262 e. The highest BCUT2D eigenvalue weighted by molar-refractivity contribution is 7.99. The van der Waals surface area contributed by atoms with Crippen LogP contribution in [-0.2, 0) is 11.3 Å². The Hall–Kier alpha value is -2.45. The van der Waals surface area contributed by atoms with Crippen LogP contribution in [0.4, 0.5) is 5.69 Å². The number of amides is 1. The lowest BCUT2D eigenvalue weighted by molar-refractivity contribution is -0.118. The molecule has 144 valence electrons. The number of thioether (sulfide) groups is 1. The summed E-state index contributed by atoms with van der Waals surface area (Å²) in [6.45, 7) is 2.27. The van der Waals surface area contributed by atoms with Gasteiger partial charge in [-0.25, -0.2) is 0 Å². The van der Waals surface area contributed by atoms with Crippen LogP contribution in [-0.4, -0.2) is 49.1 Å². The summed E-state index contributed by atoms with van der Waals surface area (Å²) in [5, 5.41) is 2.69. The molecule has 3 rings (SSSR count). The summed E-state index contributed by atoms with van der Waals surface area (Å²) in [6.07, 6.45) is 1.27. The van der Waals surface area contributed by atoms with E-state index in [0.29, 0.717) is 23.7 Å². The molecule has 0 saturated carbocycles. The van der Waals surface area contributed by atoms with E-state index in [1.807, 2.05) is 11.8 Å². The number of nitrogens with zero attached hydrogens (tertiary/aromatic N) is 1. The molecule has 1 saturated heterocycles. The van der Waals surface area contributed by atoms with Crippen molar-refractivity contribution < 1.29 is 18.7 Å². The number of ether oxygens (including phenoxy) is 2. The maximum absolute atomic E-state index is 12.2. The molecular weight excluding hydrogens is 368 g/mol. The molecule has 1 amide bonds. The lowest BCUT2D eigenvalue weighted by Crippen LogP contribution is -2.32. The van der Waals surface area contributed by atoms with E-state index in [2.05, 4.69) is 10.2 Å². The lowest BCUT2D eigenvalue weighted by Gasteiger charge is -2.25. The Balaban J connectivity index is 1.54. The molecule has 1 aromatic carbocycles. The minimum atomic E-state index is -0.395. The minimum Gasteiger partial charge on any atom is -0.495 e. The Morgan fingerprint density at radius 2 is 2.04 bits per heavy atom. The van der Waals surface area contributed by atoms with Crippen molar-refractivity contribution in [3.63, 3.8) is 0 Å². The van der Waals surface area contributed by atoms with Gasteiger partial charge in [-0.3, -0.25) is 14.5 Å². The Morgan fingerprint density at radius 3 is 2.78 bits per heavy atom. The molecule has 0 aliphatic carbocycles. The Labute approximate surface area is 161 Å². The predicted octanol–water partition coefficient (Wildman–Crippen LogP) is 2.21. The molecule has 7 nitrogen and oxygen atoms in total. The van der Waals surface area contributed by atoms with E-state index in [9.17, 15) is 9.59 Å². The summed E-state index contributed by atoms with van der Waals surface area (Å²) in [4.78, 5) is 26.5. The van der Waals surface area contributed by atoms with Crippen LogP contribution >= 0.6 is 11.8 Å². The van der Waals surface area contributed by atoms with Gasteiger partial charge in [-0.2, -0.15) is 11.8 Å². The van der Waals surface area contributed by atoms with Gasteiger partial charge >= 0.3 is 0 Å². The second kappa shape index (κ2) is 9.48. The monoisotopic (exact) mass is 390 g/mol. The predicted molar refractivity (Wildman–Crippen MR) is 105 cm³/mol. The summed E-state index contributed by atoms with van der Waals surface area (Å²) >= 11 is 1.93. The van der Waals surface area contributed by atoms with E-state index >= 15 is 0 Å². The highest BCUT2D eigenvalue weighted by atomic mass is 32.2. The molecule has 2 aromatic rings. The van der Waals surface area contributed by atoms with Crippen molar-refractivity contribution in [1.82, 2.24) is 4.90 Å². The Morgan fingerprint density at radius 1 is 1.26 bits per heavy atom. The molecule has 1 aliphatic heterocycles. The number of hydrogen-bond donors (Lipinski definition) is 1. The number of methoxy groups -OCH3 is 1. The zero-order valence-electron chi connectivity index (χ0n) is 15.1. The molecule has 1 aromatic heterocycles. The zero-order chi connectivity index (χ0) is 19.1. The average Bonchev–Trinajstić information content (AvgIpc) is 2.68. The van der Waals surface area contributed by atoms with Gasteiger partial charge in [0.05, 0.1) is 19.3 Å². The third-order valence-electron chi connectivity index (χ3n) is 4.08. The molecule has 0 atom stereocenters. The van der Waals surface area contributed by atoms with Crippen LogP contribution in [0.1, 0.15) is 5.76 Å².